The molecule has 0 saturated heterocycles. The van der Waals surface area contributed by atoms with E-state index in [1.807, 2.05) is 6.92 Å². The second-order valence-corrected chi connectivity index (χ2v) is 6.62. The van der Waals surface area contributed by atoms with Gasteiger partial charge >= 0.3 is 0 Å². The number of rotatable bonds is 6. The summed E-state index contributed by atoms with van der Waals surface area (Å²) in [6.45, 7) is 5.51. The molecule has 0 unspecified atom stereocenters. The van der Waals surface area contributed by atoms with Gasteiger partial charge in [0.15, 0.2) is 11.5 Å². The van der Waals surface area contributed by atoms with Gasteiger partial charge in [0, 0.05) is 12.1 Å². The predicted molar refractivity (Wildman–Crippen MR) is 103 cm³/mol. The number of aromatic hydroxyl groups is 1. The van der Waals surface area contributed by atoms with E-state index in [0.29, 0.717) is 6.61 Å². The smallest absolute Gasteiger partial charge is 0.271 e. The average molecular weight is 409 g/mol. The molecule has 0 aliphatic carbocycles. The SMILES string of the molecule is CCCOc1c(Cl)cc(C(=O)c2c(C)c(C#N)c(=O)n(CC)c2O)cc1Cl. The fraction of sp³-hybridized carbons (Fsp3) is 0.316. The van der Waals surface area contributed by atoms with Gasteiger partial charge in [-0.1, -0.05) is 30.1 Å². The number of aromatic nitrogens is 1. The van der Waals surface area contributed by atoms with Crippen LogP contribution in [0.4, 0.5) is 0 Å². The van der Waals surface area contributed by atoms with E-state index in [2.05, 4.69) is 0 Å². The molecule has 2 aromatic rings. The van der Waals surface area contributed by atoms with E-state index in [9.17, 15) is 20.0 Å². The van der Waals surface area contributed by atoms with Gasteiger partial charge in [-0.25, -0.2) is 0 Å². The molecule has 0 atom stereocenters. The monoisotopic (exact) mass is 408 g/mol. The summed E-state index contributed by atoms with van der Waals surface area (Å²) in [7, 11) is 0. The lowest BCUT2D eigenvalue weighted by Gasteiger charge is -2.15. The van der Waals surface area contributed by atoms with Crippen molar-refractivity contribution in [2.24, 2.45) is 0 Å². The number of benzene rings is 1. The van der Waals surface area contributed by atoms with E-state index in [0.717, 1.165) is 11.0 Å². The Balaban J connectivity index is 2.66. The van der Waals surface area contributed by atoms with Crippen LogP contribution in [-0.2, 0) is 6.54 Å². The summed E-state index contributed by atoms with van der Waals surface area (Å²) in [4.78, 5) is 25.3. The van der Waals surface area contributed by atoms with Crippen LogP contribution in [0, 0.1) is 18.3 Å². The molecule has 0 spiro atoms. The highest BCUT2D eigenvalue weighted by Crippen LogP contribution is 2.36. The van der Waals surface area contributed by atoms with Gasteiger partial charge in [0.05, 0.1) is 22.2 Å². The van der Waals surface area contributed by atoms with Crippen LogP contribution in [-0.4, -0.2) is 22.1 Å². The Bertz CT molecular complexity index is 983. The van der Waals surface area contributed by atoms with Crippen molar-refractivity contribution in [1.29, 1.82) is 5.26 Å². The van der Waals surface area contributed by atoms with Crippen LogP contribution in [0.2, 0.25) is 10.0 Å². The van der Waals surface area contributed by atoms with E-state index in [1.54, 1.807) is 13.0 Å². The fourth-order valence-electron chi connectivity index (χ4n) is 2.69. The van der Waals surface area contributed by atoms with E-state index >= 15 is 0 Å². The van der Waals surface area contributed by atoms with Gasteiger partial charge in [-0.3, -0.25) is 14.2 Å². The van der Waals surface area contributed by atoms with Crippen molar-refractivity contribution >= 4 is 29.0 Å². The second-order valence-electron chi connectivity index (χ2n) is 5.81. The number of nitriles is 1. The molecule has 0 saturated carbocycles. The Hall–Kier alpha value is -2.49. The van der Waals surface area contributed by atoms with Gasteiger partial charge in [0.2, 0.25) is 5.88 Å². The summed E-state index contributed by atoms with van der Waals surface area (Å²) >= 11 is 12.4. The third-order valence-electron chi connectivity index (χ3n) is 4.05. The van der Waals surface area contributed by atoms with Crippen LogP contribution in [0.1, 0.15) is 47.3 Å². The first-order valence-electron chi connectivity index (χ1n) is 8.31. The molecule has 1 N–H and O–H groups in total. The molecule has 0 aliphatic heterocycles. The number of ketones is 1. The highest BCUT2D eigenvalue weighted by Gasteiger charge is 2.25. The summed E-state index contributed by atoms with van der Waals surface area (Å²) in [5.74, 6) is -0.828. The number of halogens is 2. The van der Waals surface area contributed by atoms with E-state index < -0.39 is 17.2 Å². The number of nitrogens with zero attached hydrogens (tertiary/aromatic N) is 2. The Morgan fingerprint density at radius 2 is 1.89 bits per heavy atom. The molecule has 1 heterocycles. The minimum Gasteiger partial charge on any atom is -0.494 e. The van der Waals surface area contributed by atoms with Crippen molar-refractivity contribution in [3.05, 3.63) is 54.8 Å². The van der Waals surface area contributed by atoms with Gasteiger partial charge in [0.1, 0.15) is 11.6 Å². The zero-order valence-electron chi connectivity index (χ0n) is 15.1. The Kier molecular flexibility index (Phi) is 6.53. The molecule has 2 rings (SSSR count). The summed E-state index contributed by atoms with van der Waals surface area (Å²) in [5.41, 5.74) is -0.767. The summed E-state index contributed by atoms with van der Waals surface area (Å²) in [6.07, 6.45) is 0.760. The highest BCUT2D eigenvalue weighted by molar-refractivity contribution is 6.38. The molecule has 0 aliphatic rings. The lowest BCUT2D eigenvalue weighted by atomic mass is 9.97. The Morgan fingerprint density at radius 3 is 2.37 bits per heavy atom. The fourth-order valence-corrected chi connectivity index (χ4v) is 3.29. The maximum atomic E-state index is 13.0. The third kappa shape index (κ3) is 3.80. The normalized spacial score (nSPS) is 10.5. The molecule has 0 fully saturated rings. The standard InChI is InChI=1S/C19H18Cl2N2O4/c1-4-6-27-17-13(20)7-11(8-14(17)21)16(24)15-10(3)12(9-22)18(25)23(5-2)19(15)26/h7-8,26H,4-6H2,1-3H3. The number of carbonyl (C=O) groups is 1. The number of ether oxygens (including phenoxy) is 1. The summed E-state index contributed by atoms with van der Waals surface area (Å²) in [6, 6.07) is 4.56. The molecule has 27 heavy (non-hydrogen) atoms. The maximum Gasteiger partial charge on any atom is 0.271 e. The quantitative estimate of drug-likeness (QED) is 0.726. The van der Waals surface area contributed by atoms with Crippen molar-refractivity contribution < 1.29 is 14.6 Å². The van der Waals surface area contributed by atoms with Crippen LogP contribution in [0.25, 0.3) is 0 Å². The van der Waals surface area contributed by atoms with Crippen molar-refractivity contribution in [1.82, 2.24) is 4.57 Å². The predicted octanol–water partition coefficient (Wildman–Crippen LogP) is 4.08. The highest BCUT2D eigenvalue weighted by atomic mass is 35.5. The number of hydrogen-bond acceptors (Lipinski definition) is 5. The van der Waals surface area contributed by atoms with Crippen molar-refractivity contribution in [3.8, 4) is 17.7 Å². The maximum absolute atomic E-state index is 13.0. The van der Waals surface area contributed by atoms with Gasteiger partial charge in [-0.15, -0.1) is 0 Å². The largest absolute Gasteiger partial charge is 0.494 e. The lowest BCUT2D eigenvalue weighted by Crippen LogP contribution is -2.26. The van der Waals surface area contributed by atoms with Crippen LogP contribution >= 0.6 is 23.2 Å². The van der Waals surface area contributed by atoms with Crippen LogP contribution in [0.15, 0.2) is 16.9 Å². The number of pyridine rings is 1. The molecule has 0 amide bonds. The van der Waals surface area contributed by atoms with Crippen molar-refractivity contribution in [3.63, 3.8) is 0 Å². The van der Waals surface area contributed by atoms with Crippen LogP contribution in [0.3, 0.4) is 0 Å². The zero-order chi connectivity index (χ0) is 20.3. The van der Waals surface area contributed by atoms with Gasteiger partial charge < -0.3 is 9.84 Å². The van der Waals surface area contributed by atoms with E-state index in [1.165, 1.54) is 19.1 Å². The number of hydrogen-bond donors (Lipinski definition) is 1. The molecular weight excluding hydrogens is 391 g/mol. The van der Waals surface area contributed by atoms with Gasteiger partial charge in [-0.05, 0) is 38.0 Å². The first kappa shape index (κ1) is 20.8. The second kappa shape index (κ2) is 8.47. The molecule has 8 heteroatoms. The van der Waals surface area contributed by atoms with E-state index in [-0.39, 0.29) is 44.6 Å². The van der Waals surface area contributed by atoms with Crippen molar-refractivity contribution in [2.45, 2.75) is 33.7 Å². The first-order valence-corrected chi connectivity index (χ1v) is 9.06. The molecule has 6 nitrogen and oxygen atoms in total. The molecule has 0 bridgehead atoms. The van der Waals surface area contributed by atoms with Gasteiger partial charge in [-0.2, -0.15) is 5.26 Å². The minimum atomic E-state index is -0.647. The molecule has 1 aromatic heterocycles. The molecule has 0 radical (unpaired) electrons. The molecule has 142 valence electrons. The van der Waals surface area contributed by atoms with Crippen molar-refractivity contribution in [2.75, 3.05) is 6.61 Å². The summed E-state index contributed by atoms with van der Waals surface area (Å²) in [5, 5.41) is 20.0. The van der Waals surface area contributed by atoms with Crippen LogP contribution in [0.5, 0.6) is 11.6 Å². The topological polar surface area (TPSA) is 92.3 Å². The summed E-state index contributed by atoms with van der Waals surface area (Å²) < 4.78 is 6.45. The zero-order valence-corrected chi connectivity index (χ0v) is 16.6. The lowest BCUT2D eigenvalue weighted by molar-refractivity contribution is 0.103. The minimum absolute atomic E-state index is 0.102. The van der Waals surface area contributed by atoms with Gasteiger partial charge in [0.25, 0.3) is 5.56 Å². The average Bonchev–Trinajstić information content (AvgIpc) is 2.61. The Labute approximate surface area is 166 Å². The molecular formula is C19H18Cl2N2O4. The first-order chi connectivity index (χ1) is 12.8. The molecule has 1 aromatic carbocycles. The van der Waals surface area contributed by atoms with Crippen LogP contribution < -0.4 is 10.3 Å². The number of carbonyl (C=O) groups excluding carboxylic acids is 1. The Morgan fingerprint density at radius 1 is 1.30 bits per heavy atom. The van der Waals surface area contributed by atoms with E-state index in [4.69, 9.17) is 27.9 Å². The third-order valence-corrected chi connectivity index (χ3v) is 4.62.